The molecule has 88 valence electrons. The van der Waals surface area contributed by atoms with E-state index in [0.29, 0.717) is 0 Å². The third-order valence-corrected chi connectivity index (χ3v) is 3.79. The van der Waals surface area contributed by atoms with Crippen LogP contribution in [0.15, 0.2) is 42.7 Å². The summed E-state index contributed by atoms with van der Waals surface area (Å²) < 4.78 is 52.3. The van der Waals surface area contributed by atoms with Crippen LogP contribution in [0, 0.1) is 0 Å². The van der Waals surface area contributed by atoms with E-state index in [1.165, 1.54) is 12.1 Å². The summed E-state index contributed by atoms with van der Waals surface area (Å²) >= 11 is 0. The van der Waals surface area contributed by atoms with Crippen molar-refractivity contribution in [1.82, 2.24) is 0 Å². The van der Waals surface area contributed by atoms with Crippen molar-refractivity contribution in [1.29, 1.82) is 0 Å². The van der Waals surface area contributed by atoms with Gasteiger partial charge in [-0.25, -0.2) is 0 Å². The minimum Gasteiger partial charge on any atom is -0.313 e. The number of alkyl halides is 3. The molecular weight excluding hydrogens is 240 g/mol. The molecule has 0 saturated carbocycles. The number of hydrogen-bond acceptors (Lipinski definition) is 2. The van der Waals surface area contributed by atoms with Gasteiger partial charge in [-0.2, -0.15) is 13.2 Å². The zero-order valence-electron chi connectivity index (χ0n) is 8.28. The zero-order valence-corrected chi connectivity index (χ0v) is 9.17. The highest BCUT2D eigenvalue weighted by molar-refractivity contribution is 7.69. The number of benzene rings is 1. The van der Waals surface area contributed by atoms with Gasteiger partial charge in [-0.1, -0.05) is 24.8 Å². The van der Waals surface area contributed by atoms with Gasteiger partial charge in [-0.05, 0) is 17.9 Å². The van der Waals surface area contributed by atoms with E-state index in [9.17, 15) is 17.7 Å². The lowest BCUT2D eigenvalue weighted by Gasteiger charge is -2.16. The van der Waals surface area contributed by atoms with Crippen LogP contribution in [0.25, 0.3) is 0 Å². The van der Waals surface area contributed by atoms with Crippen molar-refractivity contribution in [2.24, 2.45) is 0 Å². The standard InChI is InChI=1S/C10H10F3O2P/c1-2-16(14,15-8-10(11,12)13)9-6-4-3-5-7-9/h2-7H,1,8H2. The van der Waals surface area contributed by atoms with E-state index in [0.717, 1.165) is 5.82 Å². The Balaban J connectivity index is 2.88. The average Bonchev–Trinajstić information content (AvgIpc) is 2.26. The van der Waals surface area contributed by atoms with Crippen LogP contribution in [-0.4, -0.2) is 12.8 Å². The van der Waals surface area contributed by atoms with Crippen molar-refractivity contribution >= 4 is 12.7 Å². The number of rotatable bonds is 4. The van der Waals surface area contributed by atoms with Crippen LogP contribution < -0.4 is 5.30 Å². The Morgan fingerprint density at radius 2 is 1.88 bits per heavy atom. The molecule has 6 heteroatoms. The third kappa shape index (κ3) is 3.51. The first-order chi connectivity index (χ1) is 7.37. The van der Waals surface area contributed by atoms with Crippen molar-refractivity contribution in [3.05, 3.63) is 42.7 Å². The highest BCUT2D eigenvalue weighted by atomic mass is 31.2. The van der Waals surface area contributed by atoms with Crippen molar-refractivity contribution in [2.75, 3.05) is 6.61 Å². The smallest absolute Gasteiger partial charge is 0.313 e. The topological polar surface area (TPSA) is 26.3 Å². The Bertz CT molecular complexity index is 400. The maximum Gasteiger partial charge on any atom is 0.412 e. The molecule has 0 aliphatic heterocycles. The molecule has 0 bridgehead atoms. The Kier molecular flexibility index (Phi) is 3.94. The maximum atomic E-state index is 12.0. The second-order valence-electron chi connectivity index (χ2n) is 3.00. The molecule has 0 fully saturated rings. The average molecular weight is 250 g/mol. The van der Waals surface area contributed by atoms with Gasteiger partial charge in [0.15, 0.2) is 6.61 Å². The van der Waals surface area contributed by atoms with Gasteiger partial charge in [-0.3, -0.25) is 4.57 Å². The Morgan fingerprint density at radius 3 is 2.31 bits per heavy atom. The van der Waals surface area contributed by atoms with Gasteiger partial charge in [0.05, 0.1) is 0 Å². The highest BCUT2D eigenvalue weighted by Gasteiger charge is 2.33. The zero-order chi connectivity index (χ0) is 12.2. The summed E-state index contributed by atoms with van der Waals surface area (Å²) in [6, 6.07) is 7.70. The van der Waals surface area contributed by atoms with E-state index < -0.39 is 20.2 Å². The molecule has 1 aromatic carbocycles. The van der Waals surface area contributed by atoms with Gasteiger partial charge in [0.25, 0.3) is 7.37 Å². The van der Waals surface area contributed by atoms with Crippen LogP contribution in [0.1, 0.15) is 0 Å². The molecule has 0 N–H and O–H groups in total. The Morgan fingerprint density at radius 1 is 1.31 bits per heavy atom. The van der Waals surface area contributed by atoms with E-state index >= 15 is 0 Å². The molecule has 1 atom stereocenters. The number of hydrogen-bond donors (Lipinski definition) is 0. The SMILES string of the molecule is C=CP(=O)(OCC(F)(F)F)c1ccccc1. The van der Waals surface area contributed by atoms with E-state index in [1.54, 1.807) is 18.2 Å². The normalized spacial score (nSPS) is 15.4. The lowest BCUT2D eigenvalue weighted by molar-refractivity contribution is -0.152. The van der Waals surface area contributed by atoms with E-state index in [2.05, 4.69) is 11.1 Å². The van der Waals surface area contributed by atoms with Crippen molar-refractivity contribution < 1.29 is 22.3 Å². The molecule has 0 aromatic heterocycles. The molecule has 0 saturated heterocycles. The summed E-state index contributed by atoms with van der Waals surface area (Å²) in [6.45, 7) is 1.70. The van der Waals surface area contributed by atoms with Crippen molar-refractivity contribution in [2.45, 2.75) is 6.18 Å². The molecule has 16 heavy (non-hydrogen) atoms. The lowest BCUT2D eigenvalue weighted by Crippen LogP contribution is -2.18. The quantitative estimate of drug-likeness (QED) is 0.766. The lowest BCUT2D eigenvalue weighted by atomic mass is 10.4. The minimum atomic E-state index is -4.51. The Labute approximate surface area is 91.2 Å². The minimum absolute atomic E-state index is 0.203. The summed E-state index contributed by atoms with van der Waals surface area (Å²) in [4.78, 5) is 0. The van der Waals surface area contributed by atoms with Crippen LogP contribution in [0.3, 0.4) is 0 Å². The first-order valence-corrected chi connectivity index (χ1v) is 6.07. The van der Waals surface area contributed by atoms with Crippen LogP contribution in [0.2, 0.25) is 0 Å². The molecule has 0 aliphatic carbocycles. The fraction of sp³-hybridized carbons (Fsp3) is 0.200. The van der Waals surface area contributed by atoms with E-state index in [1.807, 2.05) is 0 Å². The summed E-state index contributed by atoms with van der Waals surface area (Å²) in [5, 5.41) is 0.203. The molecular formula is C10H10F3O2P. The second kappa shape index (κ2) is 4.85. The summed E-state index contributed by atoms with van der Waals surface area (Å²) in [5.74, 6) is 0.925. The van der Waals surface area contributed by atoms with Crippen molar-refractivity contribution in [3.63, 3.8) is 0 Å². The van der Waals surface area contributed by atoms with Crippen LogP contribution in [-0.2, 0) is 9.09 Å². The van der Waals surface area contributed by atoms with E-state index in [-0.39, 0.29) is 5.30 Å². The van der Waals surface area contributed by atoms with Crippen LogP contribution >= 0.6 is 7.37 Å². The van der Waals surface area contributed by atoms with Gasteiger partial charge in [0.1, 0.15) is 0 Å². The molecule has 0 aliphatic rings. The monoisotopic (exact) mass is 250 g/mol. The van der Waals surface area contributed by atoms with Crippen molar-refractivity contribution in [3.8, 4) is 0 Å². The molecule has 2 nitrogen and oxygen atoms in total. The molecule has 0 spiro atoms. The summed E-state index contributed by atoms with van der Waals surface area (Å²) in [6.07, 6.45) is -4.51. The largest absolute Gasteiger partial charge is 0.412 e. The van der Waals surface area contributed by atoms with Gasteiger partial charge >= 0.3 is 6.18 Å². The first kappa shape index (κ1) is 13.0. The molecule has 1 rings (SSSR count). The van der Waals surface area contributed by atoms with Gasteiger partial charge in [0, 0.05) is 5.30 Å². The van der Waals surface area contributed by atoms with Gasteiger partial charge in [-0.15, -0.1) is 0 Å². The summed E-state index contributed by atoms with van der Waals surface area (Å²) in [5.41, 5.74) is 0. The molecule has 1 aromatic rings. The Hall–Kier alpha value is -1.06. The van der Waals surface area contributed by atoms with Gasteiger partial charge < -0.3 is 4.52 Å². The molecule has 0 radical (unpaired) electrons. The molecule has 0 heterocycles. The fourth-order valence-electron chi connectivity index (χ4n) is 1.04. The van der Waals surface area contributed by atoms with E-state index in [4.69, 9.17) is 0 Å². The highest BCUT2D eigenvalue weighted by Crippen LogP contribution is 2.47. The van der Waals surface area contributed by atoms with Gasteiger partial charge in [0.2, 0.25) is 0 Å². The third-order valence-electron chi connectivity index (χ3n) is 1.78. The molecule has 0 amide bonds. The predicted octanol–water partition coefficient (Wildman–Crippen LogP) is 3.31. The van der Waals surface area contributed by atoms with Crippen LogP contribution in [0.4, 0.5) is 13.2 Å². The predicted molar refractivity (Wildman–Crippen MR) is 55.9 cm³/mol. The second-order valence-corrected chi connectivity index (χ2v) is 5.34. The number of halogens is 3. The summed E-state index contributed by atoms with van der Waals surface area (Å²) in [7, 11) is -3.61. The molecule has 1 unspecified atom stereocenters. The van der Waals surface area contributed by atoms with Crippen LogP contribution in [0.5, 0.6) is 0 Å². The fourth-order valence-corrected chi connectivity index (χ4v) is 2.43. The first-order valence-electron chi connectivity index (χ1n) is 4.38. The maximum absolute atomic E-state index is 12.0.